The predicted octanol–water partition coefficient (Wildman–Crippen LogP) is 2.91. The lowest BCUT2D eigenvalue weighted by atomic mass is 9.96. The Morgan fingerprint density at radius 2 is 1.96 bits per heavy atom. The second-order valence-corrected chi connectivity index (χ2v) is 8.59. The normalized spacial score (nSPS) is 21.7. The first-order valence-corrected chi connectivity index (χ1v) is 10.4. The van der Waals surface area contributed by atoms with Crippen molar-refractivity contribution in [1.29, 1.82) is 0 Å². The first-order chi connectivity index (χ1) is 12.6. The van der Waals surface area contributed by atoms with Gasteiger partial charge in [0.05, 0.1) is 16.9 Å². The van der Waals surface area contributed by atoms with E-state index in [1.165, 1.54) is 4.88 Å². The van der Waals surface area contributed by atoms with Crippen LogP contribution in [0.1, 0.15) is 24.6 Å². The number of nitrogens with zero attached hydrogens (tertiary/aromatic N) is 3. The molecule has 2 aliphatic heterocycles. The van der Waals surface area contributed by atoms with Crippen LogP contribution >= 0.6 is 22.9 Å². The Morgan fingerprint density at radius 1 is 1.19 bits per heavy atom. The minimum atomic E-state index is -0.301. The fourth-order valence-corrected chi connectivity index (χ4v) is 4.73. The zero-order valence-electron chi connectivity index (χ0n) is 15.2. The molecule has 8 heteroatoms. The molecule has 2 aliphatic rings. The summed E-state index contributed by atoms with van der Waals surface area (Å²) in [5.74, 6) is 0.0774. The van der Waals surface area contributed by atoms with E-state index in [1.54, 1.807) is 23.2 Å². The largest absolute Gasteiger partial charge is 0.450 e. The van der Waals surface area contributed by atoms with Crippen LogP contribution in [0.4, 0.5) is 4.79 Å². The van der Waals surface area contributed by atoms with Crippen LogP contribution < -0.4 is 0 Å². The van der Waals surface area contributed by atoms with Gasteiger partial charge >= 0.3 is 6.09 Å². The number of carbonyl (C=O) groups excluding carboxylic acids is 2. The molecule has 1 aromatic rings. The molecule has 0 aliphatic carbocycles. The Balaban J connectivity index is 1.47. The number of hydrogen-bond donors (Lipinski definition) is 0. The Kier molecular flexibility index (Phi) is 6.78. The molecule has 1 atom stereocenters. The fourth-order valence-electron chi connectivity index (χ4n) is 3.60. The standard InChI is InChI=1S/C18H26ClN3O3S/c1-2-25-18(24)22-7-3-4-14(12-22)17(23)21-10-8-20(9-11-21)13-15-5-6-16(19)26-15/h5-6,14H,2-4,7-13H2,1H3. The molecule has 0 saturated carbocycles. The molecule has 26 heavy (non-hydrogen) atoms. The molecule has 1 unspecified atom stereocenters. The number of halogens is 1. The minimum absolute atomic E-state index is 0.101. The van der Waals surface area contributed by atoms with Crippen LogP contribution in [0.5, 0.6) is 0 Å². The third kappa shape index (κ3) is 4.90. The topological polar surface area (TPSA) is 53.1 Å². The SMILES string of the molecule is CCOC(=O)N1CCCC(C(=O)N2CCN(Cc3ccc(Cl)s3)CC2)C1. The number of rotatable bonds is 4. The molecule has 144 valence electrons. The third-order valence-electron chi connectivity index (χ3n) is 4.99. The van der Waals surface area contributed by atoms with Crippen molar-refractivity contribution < 1.29 is 14.3 Å². The summed E-state index contributed by atoms with van der Waals surface area (Å²) in [4.78, 5) is 32.0. The second kappa shape index (κ2) is 9.06. The van der Waals surface area contributed by atoms with Crippen molar-refractivity contribution in [2.75, 3.05) is 45.9 Å². The van der Waals surface area contributed by atoms with Crippen LogP contribution in [0, 0.1) is 5.92 Å². The molecule has 3 rings (SSSR count). The number of likely N-dealkylation sites (tertiary alicyclic amines) is 1. The van der Waals surface area contributed by atoms with Gasteiger partial charge in [-0.15, -0.1) is 11.3 Å². The van der Waals surface area contributed by atoms with Gasteiger partial charge in [0, 0.05) is 50.7 Å². The smallest absolute Gasteiger partial charge is 0.409 e. The van der Waals surface area contributed by atoms with Crippen LogP contribution in [0.2, 0.25) is 4.34 Å². The third-order valence-corrected chi connectivity index (χ3v) is 6.20. The lowest BCUT2D eigenvalue weighted by molar-refractivity contribution is -0.138. The molecule has 3 heterocycles. The maximum absolute atomic E-state index is 12.9. The molecule has 2 amide bonds. The minimum Gasteiger partial charge on any atom is -0.450 e. The predicted molar refractivity (Wildman–Crippen MR) is 103 cm³/mol. The van der Waals surface area contributed by atoms with E-state index in [-0.39, 0.29) is 17.9 Å². The van der Waals surface area contributed by atoms with Gasteiger partial charge in [0.15, 0.2) is 0 Å². The van der Waals surface area contributed by atoms with Crippen LogP contribution in [0.3, 0.4) is 0 Å². The highest BCUT2D eigenvalue weighted by molar-refractivity contribution is 7.16. The maximum Gasteiger partial charge on any atom is 0.409 e. The van der Waals surface area contributed by atoms with Crippen molar-refractivity contribution in [3.8, 4) is 0 Å². The van der Waals surface area contributed by atoms with E-state index in [1.807, 2.05) is 11.0 Å². The Hall–Kier alpha value is -1.31. The molecular weight excluding hydrogens is 374 g/mol. The number of carbonyl (C=O) groups is 2. The van der Waals surface area contributed by atoms with Crippen molar-refractivity contribution in [3.05, 3.63) is 21.3 Å². The monoisotopic (exact) mass is 399 g/mol. The molecule has 6 nitrogen and oxygen atoms in total. The average Bonchev–Trinajstić information content (AvgIpc) is 3.07. The highest BCUT2D eigenvalue weighted by Crippen LogP contribution is 2.24. The quantitative estimate of drug-likeness (QED) is 0.781. The zero-order valence-corrected chi connectivity index (χ0v) is 16.7. The van der Waals surface area contributed by atoms with Crippen LogP contribution in [0.25, 0.3) is 0 Å². The first-order valence-electron chi connectivity index (χ1n) is 9.24. The number of amides is 2. The molecule has 0 radical (unpaired) electrons. The molecule has 0 N–H and O–H groups in total. The van der Waals surface area contributed by atoms with Gasteiger partial charge in [0.2, 0.25) is 5.91 Å². The summed E-state index contributed by atoms with van der Waals surface area (Å²) in [5, 5.41) is 0. The van der Waals surface area contributed by atoms with E-state index >= 15 is 0 Å². The zero-order chi connectivity index (χ0) is 18.5. The van der Waals surface area contributed by atoms with Gasteiger partial charge in [-0.25, -0.2) is 4.79 Å². The van der Waals surface area contributed by atoms with Gasteiger partial charge in [0.1, 0.15) is 0 Å². The lowest BCUT2D eigenvalue weighted by Gasteiger charge is -2.38. The van der Waals surface area contributed by atoms with E-state index in [2.05, 4.69) is 11.0 Å². The molecule has 0 aromatic carbocycles. The van der Waals surface area contributed by atoms with Crippen LogP contribution in [0.15, 0.2) is 12.1 Å². The van der Waals surface area contributed by atoms with Gasteiger partial charge in [0.25, 0.3) is 0 Å². The molecule has 2 saturated heterocycles. The molecule has 2 fully saturated rings. The molecule has 1 aromatic heterocycles. The highest BCUT2D eigenvalue weighted by atomic mass is 35.5. The summed E-state index contributed by atoms with van der Waals surface area (Å²) in [6, 6.07) is 4.00. The summed E-state index contributed by atoms with van der Waals surface area (Å²) in [7, 11) is 0. The Morgan fingerprint density at radius 3 is 2.62 bits per heavy atom. The van der Waals surface area contributed by atoms with Gasteiger partial charge < -0.3 is 14.5 Å². The van der Waals surface area contributed by atoms with Crippen molar-refractivity contribution in [2.24, 2.45) is 5.92 Å². The van der Waals surface area contributed by atoms with Gasteiger partial charge in [-0.2, -0.15) is 0 Å². The number of thiophene rings is 1. The average molecular weight is 400 g/mol. The number of piperidine rings is 1. The molecular formula is C18H26ClN3O3S. The van der Waals surface area contributed by atoms with Crippen molar-refractivity contribution in [1.82, 2.24) is 14.7 Å². The Bertz CT molecular complexity index is 631. The second-order valence-electron chi connectivity index (χ2n) is 6.79. The van der Waals surface area contributed by atoms with E-state index in [4.69, 9.17) is 16.3 Å². The van der Waals surface area contributed by atoms with Crippen molar-refractivity contribution in [3.63, 3.8) is 0 Å². The van der Waals surface area contributed by atoms with E-state index in [0.717, 1.165) is 49.9 Å². The van der Waals surface area contributed by atoms with Gasteiger partial charge in [-0.05, 0) is 31.9 Å². The Labute approximate surface area is 163 Å². The highest BCUT2D eigenvalue weighted by Gasteiger charge is 2.33. The number of ether oxygens (including phenoxy) is 1. The summed E-state index contributed by atoms with van der Waals surface area (Å²) < 4.78 is 5.89. The molecule has 0 bridgehead atoms. The summed E-state index contributed by atoms with van der Waals surface area (Å²) in [6.07, 6.45) is 1.40. The first kappa shape index (κ1) is 19.5. The van der Waals surface area contributed by atoms with Gasteiger partial charge in [-0.3, -0.25) is 9.69 Å². The number of piperazine rings is 1. The van der Waals surface area contributed by atoms with Crippen LogP contribution in [-0.2, 0) is 16.1 Å². The van der Waals surface area contributed by atoms with Gasteiger partial charge in [-0.1, -0.05) is 11.6 Å². The van der Waals surface area contributed by atoms with E-state index in [0.29, 0.717) is 19.7 Å². The van der Waals surface area contributed by atoms with Crippen LogP contribution in [-0.4, -0.2) is 72.6 Å². The summed E-state index contributed by atoms with van der Waals surface area (Å²) in [6.45, 7) is 7.44. The van der Waals surface area contributed by atoms with E-state index < -0.39 is 0 Å². The molecule has 0 spiro atoms. The van der Waals surface area contributed by atoms with E-state index in [9.17, 15) is 9.59 Å². The van der Waals surface area contributed by atoms with Crippen molar-refractivity contribution in [2.45, 2.75) is 26.3 Å². The number of hydrogen-bond acceptors (Lipinski definition) is 5. The van der Waals surface area contributed by atoms with Crippen molar-refractivity contribution >= 4 is 34.9 Å². The fraction of sp³-hybridized carbons (Fsp3) is 0.667. The lowest BCUT2D eigenvalue weighted by Crippen LogP contribution is -2.52. The summed E-state index contributed by atoms with van der Waals surface area (Å²) in [5.41, 5.74) is 0. The summed E-state index contributed by atoms with van der Waals surface area (Å²) >= 11 is 7.60. The maximum atomic E-state index is 12.9.